The molecule has 18 heavy (non-hydrogen) atoms. The first kappa shape index (κ1) is 11.9. The van der Waals surface area contributed by atoms with Gasteiger partial charge in [0.1, 0.15) is 17.2 Å². The molecular formula is C14H7Br2FO. The van der Waals surface area contributed by atoms with Gasteiger partial charge in [-0.1, -0.05) is 15.9 Å². The molecule has 2 aromatic carbocycles. The van der Waals surface area contributed by atoms with Crippen LogP contribution in [0.1, 0.15) is 0 Å². The van der Waals surface area contributed by atoms with Gasteiger partial charge in [-0.15, -0.1) is 0 Å². The summed E-state index contributed by atoms with van der Waals surface area (Å²) in [5.41, 5.74) is 1.51. The minimum Gasteiger partial charge on any atom is -0.456 e. The van der Waals surface area contributed by atoms with E-state index >= 15 is 0 Å². The second kappa shape index (κ2) is 4.52. The lowest BCUT2D eigenvalue weighted by molar-refractivity contribution is 0.614. The van der Waals surface area contributed by atoms with E-state index in [2.05, 4.69) is 31.9 Å². The molecule has 0 radical (unpaired) electrons. The predicted octanol–water partition coefficient (Wildman–Crippen LogP) is 5.76. The Morgan fingerprint density at radius 1 is 0.944 bits per heavy atom. The number of hydrogen-bond acceptors (Lipinski definition) is 1. The van der Waals surface area contributed by atoms with Crippen molar-refractivity contribution < 1.29 is 8.81 Å². The Kier molecular flexibility index (Phi) is 2.99. The highest BCUT2D eigenvalue weighted by molar-refractivity contribution is 9.10. The number of benzene rings is 2. The molecule has 0 spiro atoms. The number of hydrogen-bond donors (Lipinski definition) is 0. The van der Waals surface area contributed by atoms with Crippen LogP contribution in [-0.4, -0.2) is 0 Å². The Morgan fingerprint density at radius 2 is 1.78 bits per heavy atom. The van der Waals surface area contributed by atoms with Crippen molar-refractivity contribution >= 4 is 42.8 Å². The minimum absolute atomic E-state index is 0.297. The molecule has 0 amide bonds. The predicted molar refractivity (Wildman–Crippen MR) is 77.0 cm³/mol. The summed E-state index contributed by atoms with van der Waals surface area (Å²) in [6.45, 7) is 0. The van der Waals surface area contributed by atoms with Crippen LogP contribution in [-0.2, 0) is 0 Å². The summed E-state index contributed by atoms with van der Waals surface area (Å²) in [6, 6.07) is 12.6. The molecular weight excluding hydrogens is 363 g/mol. The van der Waals surface area contributed by atoms with E-state index in [1.807, 2.05) is 30.3 Å². The molecule has 3 aromatic rings. The zero-order valence-corrected chi connectivity index (χ0v) is 12.3. The maximum atomic E-state index is 13.5. The van der Waals surface area contributed by atoms with Gasteiger partial charge in [0.15, 0.2) is 0 Å². The van der Waals surface area contributed by atoms with Crippen LogP contribution in [0.2, 0.25) is 0 Å². The number of fused-ring (bicyclic) bond motifs is 1. The van der Waals surface area contributed by atoms with E-state index in [9.17, 15) is 4.39 Å². The zero-order valence-electron chi connectivity index (χ0n) is 9.08. The van der Waals surface area contributed by atoms with Crippen molar-refractivity contribution in [3.63, 3.8) is 0 Å². The van der Waals surface area contributed by atoms with Crippen LogP contribution in [0.3, 0.4) is 0 Å². The van der Waals surface area contributed by atoms with Gasteiger partial charge in [-0.3, -0.25) is 0 Å². The second-order valence-electron chi connectivity index (χ2n) is 3.92. The summed E-state index contributed by atoms with van der Waals surface area (Å²) < 4.78 is 20.6. The van der Waals surface area contributed by atoms with Crippen molar-refractivity contribution in [1.82, 2.24) is 0 Å². The molecule has 0 saturated carbocycles. The van der Waals surface area contributed by atoms with Gasteiger partial charge in [0.25, 0.3) is 0 Å². The maximum absolute atomic E-state index is 13.5. The highest BCUT2D eigenvalue weighted by Gasteiger charge is 2.08. The summed E-state index contributed by atoms with van der Waals surface area (Å²) in [5.74, 6) is 0.364. The molecule has 3 rings (SSSR count). The first-order chi connectivity index (χ1) is 8.63. The van der Waals surface area contributed by atoms with Gasteiger partial charge >= 0.3 is 0 Å². The fraction of sp³-hybridized carbons (Fsp3) is 0. The van der Waals surface area contributed by atoms with Crippen LogP contribution in [0, 0.1) is 5.82 Å². The highest BCUT2D eigenvalue weighted by Crippen LogP contribution is 2.31. The molecule has 90 valence electrons. The molecule has 1 heterocycles. The van der Waals surface area contributed by atoms with Crippen LogP contribution in [0.15, 0.2) is 55.8 Å². The average molecular weight is 370 g/mol. The Morgan fingerprint density at radius 3 is 2.56 bits per heavy atom. The third kappa shape index (κ3) is 2.10. The van der Waals surface area contributed by atoms with E-state index < -0.39 is 0 Å². The maximum Gasteiger partial charge on any atom is 0.138 e. The molecule has 1 aromatic heterocycles. The van der Waals surface area contributed by atoms with Crippen LogP contribution < -0.4 is 0 Å². The van der Waals surface area contributed by atoms with Crippen LogP contribution in [0.5, 0.6) is 0 Å². The number of halogens is 3. The van der Waals surface area contributed by atoms with Gasteiger partial charge < -0.3 is 4.42 Å². The fourth-order valence-corrected chi connectivity index (χ4v) is 2.43. The molecule has 0 aliphatic carbocycles. The number of furan rings is 1. The summed E-state index contributed by atoms with van der Waals surface area (Å²) in [4.78, 5) is 0. The van der Waals surface area contributed by atoms with Crippen molar-refractivity contribution in [2.75, 3.05) is 0 Å². The molecule has 0 bridgehead atoms. The first-order valence-corrected chi connectivity index (χ1v) is 6.86. The Bertz CT molecular complexity index is 734. The highest BCUT2D eigenvalue weighted by atomic mass is 79.9. The van der Waals surface area contributed by atoms with Crippen molar-refractivity contribution in [2.45, 2.75) is 0 Å². The molecule has 1 nitrogen and oxygen atoms in total. The zero-order chi connectivity index (χ0) is 12.7. The van der Waals surface area contributed by atoms with Gasteiger partial charge in [-0.25, -0.2) is 4.39 Å². The van der Waals surface area contributed by atoms with Gasteiger partial charge in [0.2, 0.25) is 0 Å². The van der Waals surface area contributed by atoms with E-state index in [0.29, 0.717) is 10.2 Å². The van der Waals surface area contributed by atoms with Crippen LogP contribution >= 0.6 is 31.9 Å². The fourth-order valence-electron chi connectivity index (χ4n) is 1.81. The monoisotopic (exact) mass is 368 g/mol. The molecule has 0 aliphatic heterocycles. The van der Waals surface area contributed by atoms with Crippen molar-refractivity contribution in [1.29, 1.82) is 0 Å². The summed E-state index contributed by atoms with van der Waals surface area (Å²) in [6.07, 6.45) is 0. The Balaban J connectivity index is 2.16. The molecule has 0 N–H and O–H groups in total. The smallest absolute Gasteiger partial charge is 0.138 e. The molecule has 0 atom stereocenters. The van der Waals surface area contributed by atoms with Crippen LogP contribution in [0.4, 0.5) is 4.39 Å². The van der Waals surface area contributed by atoms with E-state index in [4.69, 9.17) is 4.42 Å². The van der Waals surface area contributed by atoms with Gasteiger partial charge in [-0.2, -0.15) is 0 Å². The SMILES string of the molecule is Fc1cc(-c2cc3cc(Br)ccc3o2)ccc1Br. The van der Waals surface area contributed by atoms with E-state index in [0.717, 1.165) is 21.0 Å². The Hall–Kier alpha value is -1.13. The van der Waals surface area contributed by atoms with Crippen molar-refractivity contribution in [3.05, 3.63) is 57.2 Å². The topological polar surface area (TPSA) is 13.1 Å². The summed E-state index contributed by atoms with van der Waals surface area (Å²) in [7, 11) is 0. The van der Waals surface area contributed by atoms with E-state index in [1.165, 1.54) is 6.07 Å². The summed E-state index contributed by atoms with van der Waals surface area (Å²) >= 11 is 6.55. The second-order valence-corrected chi connectivity index (χ2v) is 5.69. The van der Waals surface area contributed by atoms with Crippen molar-refractivity contribution in [2.24, 2.45) is 0 Å². The third-order valence-electron chi connectivity index (χ3n) is 2.68. The summed E-state index contributed by atoms with van der Waals surface area (Å²) in [5, 5.41) is 0.989. The molecule has 0 aliphatic rings. The van der Waals surface area contributed by atoms with Gasteiger partial charge in [0.05, 0.1) is 4.47 Å². The molecule has 0 unspecified atom stereocenters. The van der Waals surface area contributed by atoms with Crippen LogP contribution in [0.25, 0.3) is 22.3 Å². The first-order valence-electron chi connectivity index (χ1n) is 5.28. The van der Waals surface area contributed by atoms with E-state index in [1.54, 1.807) is 6.07 Å². The van der Waals surface area contributed by atoms with Gasteiger partial charge in [0, 0.05) is 15.4 Å². The van der Waals surface area contributed by atoms with Crippen molar-refractivity contribution in [3.8, 4) is 11.3 Å². The lowest BCUT2D eigenvalue weighted by Crippen LogP contribution is -1.79. The van der Waals surface area contributed by atoms with Gasteiger partial charge in [-0.05, 0) is 58.4 Å². The lowest BCUT2D eigenvalue weighted by atomic mass is 10.1. The normalized spacial score (nSPS) is 11.1. The Labute approximate surface area is 120 Å². The average Bonchev–Trinajstić information content (AvgIpc) is 2.75. The third-order valence-corrected chi connectivity index (χ3v) is 3.82. The number of rotatable bonds is 1. The molecule has 0 fully saturated rings. The minimum atomic E-state index is -0.297. The largest absolute Gasteiger partial charge is 0.456 e. The molecule has 4 heteroatoms. The molecule has 0 saturated heterocycles. The van der Waals surface area contributed by atoms with E-state index in [-0.39, 0.29) is 5.82 Å². The lowest BCUT2D eigenvalue weighted by Gasteiger charge is -1.98. The standard InChI is InChI=1S/C14H7Br2FO/c15-10-2-4-13-9(5-10)7-14(18-13)8-1-3-11(16)12(17)6-8/h1-7H. The quantitative estimate of drug-likeness (QED) is 0.531.